The molecule has 0 saturated heterocycles. The number of fused-ring (bicyclic) bond motifs is 7. The summed E-state index contributed by atoms with van der Waals surface area (Å²) < 4.78 is 0. The van der Waals surface area contributed by atoms with E-state index in [0.717, 1.165) is 17.1 Å². The molecule has 4 aliphatic rings. The molecule has 4 heteroatoms. The Hall–Kier alpha value is -5.22. The van der Waals surface area contributed by atoms with Gasteiger partial charge in [-0.25, -0.2) is 0 Å². The third-order valence-corrected chi connectivity index (χ3v) is 13.9. The lowest BCUT2D eigenvalue weighted by Crippen LogP contribution is -2.63. The Kier molecular flexibility index (Phi) is 7.26. The van der Waals surface area contributed by atoms with E-state index >= 15 is 0 Å². The molecule has 2 atom stereocenters. The Morgan fingerprint density at radius 3 is 1.80 bits per heavy atom. The molecule has 6 aromatic carbocycles. The van der Waals surface area contributed by atoms with Crippen LogP contribution in [0, 0.1) is 0 Å². The molecule has 3 heterocycles. The first-order valence-electron chi connectivity index (χ1n) is 20.4. The number of hydrogen-bond donors (Lipinski definition) is 0. The molecule has 274 valence electrons. The molecule has 0 amide bonds. The van der Waals surface area contributed by atoms with Crippen LogP contribution < -0.4 is 31.1 Å². The van der Waals surface area contributed by atoms with E-state index in [1.54, 1.807) is 0 Å². The monoisotopic (exact) mass is 717 g/mol. The summed E-state index contributed by atoms with van der Waals surface area (Å²) in [7, 11) is 0. The van der Waals surface area contributed by atoms with Crippen LogP contribution in [0.3, 0.4) is 0 Å². The number of benzene rings is 6. The summed E-state index contributed by atoms with van der Waals surface area (Å²) in [6.07, 6.45) is 3.70. The molecule has 2 unspecified atom stereocenters. The predicted octanol–water partition coefficient (Wildman–Crippen LogP) is 11.7. The molecule has 0 spiro atoms. The lowest BCUT2D eigenvalue weighted by Gasteiger charge is -2.48. The van der Waals surface area contributed by atoms with Gasteiger partial charge in [0, 0.05) is 50.9 Å². The fourth-order valence-electron chi connectivity index (χ4n) is 10.7. The van der Waals surface area contributed by atoms with E-state index in [0.29, 0.717) is 0 Å². The molecule has 6 aromatic rings. The molecule has 0 aromatic heterocycles. The van der Waals surface area contributed by atoms with E-state index in [2.05, 4.69) is 204 Å². The molecule has 0 radical (unpaired) electrons. The Morgan fingerprint density at radius 2 is 1.16 bits per heavy atom. The van der Waals surface area contributed by atoms with Crippen LogP contribution in [0.25, 0.3) is 0 Å². The maximum absolute atomic E-state index is 2.78. The van der Waals surface area contributed by atoms with Gasteiger partial charge in [0.1, 0.15) is 0 Å². The van der Waals surface area contributed by atoms with Crippen molar-refractivity contribution in [2.45, 2.75) is 96.4 Å². The minimum atomic E-state index is 0.0405. The molecular weight excluding hydrogens is 665 g/mol. The molecule has 55 heavy (non-hydrogen) atoms. The first-order chi connectivity index (χ1) is 26.3. The van der Waals surface area contributed by atoms with Crippen molar-refractivity contribution in [2.75, 3.05) is 14.7 Å². The summed E-state index contributed by atoms with van der Waals surface area (Å²) in [4.78, 5) is 7.77. The standard InChI is InChI=1S/C51H52BN3/c1-48(2,3)34-21-25-37(26-22-34)53(38-27-23-35(24-28-38)49(4,5)6)39-29-30-41-45(33-39)54(36-15-10-9-11-16-36)43-19-13-20-44-46(43)52(41)42-18-12-17-40-47(42)55(44)51(8)32-14-31-50(40,51)7/h9-13,15-30,33H,14,31-32H2,1-8H3. The van der Waals surface area contributed by atoms with Crippen LogP contribution in [-0.2, 0) is 16.2 Å². The number of hydrogen-bond acceptors (Lipinski definition) is 3. The second kappa shape index (κ2) is 11.6. The predicted molar refractivity (Wildman–Crippen MR) is 236 cm³/mol. The van der Waals surface area contributed by atoms with Gasteiger partial charge in [-0.2, -0.15) is 0 Å². The van der Waals surface area contributed by atoms with Crippen molar-refractivity contribution in [1.82, 2.24) is 0 Å². The second-order valence-corrected chi connectivity index (χ2v) is 19.0. The fraction of sp³-hybridized carbons (Fsp3) is 0.294. The van der Waals surface area contributed by atoms with Gasteiger partial charge in [-0.05, 0) is 124 Å². The highest BCUT2D eigenvalue weighted by Gasteiger charge is 2.62. The van der Waals surface area contributed by atoms with Gasteiger partial charge < -0.3 is 14.7 Å². The van der Waals surface area contributed by atoms with Crippen molar-refractivity contribution in [3.63, 3.8) is 0 Å². The Bertz CT molecular complexity index is 2420. The van der Waals surface area contributed by atoms with Crippen LogP contribution >= 0.6 is 0 Å². The van der Waals surface area contributed by atoms with Crippen LogP contribution in [0.4, 0.5) is 45.5 Å². The van der Waals surface area contributed by atoms with Crippen LogP contribution in [0.5, 0.6) is 0 Å². The van der Waals surface area contributed by atoms with E-state index < -0.39 is 0 Å². The van der Waals surface area contributed by atoms with E-state index in [1.807, 2.05) is 0 Å². The minimum absolute atomic E-state index is 0.0405. The van der Waals surface area contributed by atoms with Gasteiger partial charge in [-0.15, -0.1) is 0 Å². The topological polar surface area (TPSA) is 9.72 Å². The summed E-state index contributed by atoms with van der Waals surface area (Å²) in [5, 5.41) is 0. The maximum Gasteiger partial charge on any atom is 0.252 e. The SMILES string of the molecule is CC(C)(C)c1ccc(N(c2ccc(C(C)(C)C)cc2)c2ccc3c(c2)N(c2ccccc2)c2cccc4c2B3c2cccc3c2N4C2(C)CCCC32C)cc1. The third-order valence-electron chi connectivity index (χ3n) is 13.9. The molecule has 1 fully saturated rings. The number of nitrogens with zero attached hydrogens (tertiary/aromatic N) is 3. The number of anilines is 8. The van der Waals surface area contributed by atoms with Crippen LogP contribution in [-0.4, -0.2) is 12.3 Å². The summed E-state index contributed by atoms with van der Waals surface area (Å²) in [5.41, 5.74) is 18.8. The van der Waals surface area contributed by atoms with E-state index in [1.165, 1.54) is 80.8 Å². The van der Waals surface area contributed by atoms with Gasteiger partial charge in [0.05, 0.1) is 5.54 Å². The quantitative estimate of drug-likeness (QED) is 0.168. The fourth-order valence-corrected chi connectivity index (χ4v) is 10.7. The summed E-state index contributed by atoms with van der Waals surface area (Å²) in [6.45, 7) is 18.9. The summed E-state index contributed by atoms with van der Waals surface area (Å²) >= 11 is 0. The second-order valence-electron chi connectivity index (χ2n) is 19.0. The Labute approximate surface area is 328 Å². The zero-order chi connectivity index (χ0) is 38.1. The Morgan fingerprint density at radius 1 is 0.564 bits per heavy atom. The van der Waals surface area contributed by atoms with Crippen LogP contribution in [0.1, 0.15) is 91.3 Å². The van der Waals surface area contributed by atoms with Crippen LogP contribution in [0.15, 0.2) is 133 Å². The zero-order valence-electron chi connectivity index (χ0n) is 33.7. The molecule has 1 saturated carbocycles. The van der Waals surface area contributed by atoms with Gasteiger partial charge in [0.15, 0.2) is 0 Å². The van der Waals surface area contributed by atoms with Gasteiger partial charge in [0.25, 0.3) is 6.71 Å². The summed E-state index contributed by atoms with van der Waals surface area (Å²) in [5.74, 6) is 0. The maximum atomic E-state index is 2.78. The van der Waals surface area contributed by atoms with Crippen molar-refractivity contribution in [2.24, 2.45) is 0 Å². The molecular formula is C51H52BN3. The van der Waals surface area contributed by atoms with E-state index in [9.17, 15) is 0 Å². The van der Waals surface area contributed by atoms with Crippen LogP contribution in [0.2, 0.25) is 0 Å². The van der Waals surface area contributed by atoms with E-state index in [4.69, 9.17) is 0 Å². The van der Waals surface area contributed by atoms with Gasteiger partial charge in [0.2, 0.25) is 0 Å². The minimum Gasteiger partial charge on any atom is -0.335 e. The summed E-state index contributed by atoms with van der Waals surface area (Å²) in [6, 6.07) is 51.0. The molecule has 10 rings (SSSR count). The average molecular weight is 718 g/mol. The highest BCUT2D eigenvalue weighted by atomic mass is 15.3. The van der Waals surface area contributed by atoms with Crippen molar-refractivity contribution in [3.05, 3.63) is 150 Å². The molecule has 1 aliphatic carbocycles. The molecule has 0 N–H and O–H groups in total. The zero-order valence-corrected chi connectivity index (χ0v) is 33.7. The van der Waals surface area contributed by atoms with Crippen molar-refractivity contribution in [3.8, 4) is 0 Å². The third kappa shape index (κ3) is 4.82. The first kappa shape index (κ1) is 34.3. The lowest BCUT2D eigenvalue weighted by atomic mass is 9.33. The average Bonchev–Trinajstić information content (AvgIpc) is 3.58. The molecule has 0 bridgehead atoms. The van der Waals surface area contributed by atoms with Crippen molar-refractivity contribution in [1.29, 1.82) is 0 Å². The largest absolute Gasteiger partial charge is 0.335 e. The normalized spacial score (nSPS) is 20.5. The number of para-hydroxylation sites is 2. The van der Waals surface area contributed by atoms with Crippen molar-refractivity contribution < 1.29 is 0 Å². The van der Waals surface area contributed by atoms with E-state index in [-0.39, 0.29) is 28.5 Å². The first-order valence-corrected chi connectivity index (χ1v) is 20.4. The van der Waals surface area contributed by atoms with Crippen molar-refractivity contribution >= 4 is 68.6 Å². The van der Waals surface area contributed by atoms with Gasteiger partial charge >= 0.3 is 0 Å². The smallest absolute Gasteiger partial charge is 0.252 e. The Balaban J connectivity index is 1.21. The van der Waals surface area contributed by atoms with Gasteiger partial charge in [-0.3, -0.25) is 0 Å². The lowest BCUT2D eigenvalue weighted by molar-refractivity contribution is 0.330. The molecule has 3 nitrogen and oxygen atoms in total. The highest BCUT2D eigenvalue weighted by Crippen LogP contribution is 2.63. The highest BCUT2D eigenvalue weighted by molar-refractivity contribution is 7.00. The molecule has 3 aliphatic heterocycles. The number of rotatable bonds is 4. The van der Waals surface area contributed by atoms with Gasteiger partial charge in [-0.1, -0.05) is 128 Å².